The zero-order chi connectivity index (χ0) is 14.5. The molecule has 1 unspecified atom stereocenters. The van der Waals surface area contributed by atoms with Gasteiger partial charge in [0.1, 0.15) is 6.07 Å². The molecule has 4 heteroatoms. The maximum Gasteiger partial charge on any atom is 0.101 e. The summed E-state index contributed by atoms with van der Waals surface area (Å²) in [6, 6.07) is 8.41. The van der Waals surface area contributed by atoms with Gasteiger partial charge in [-0.3, -0.25) is 0 Å². The van der Waals surface area contributed by atoms with E-state index in [9.17, 15) is 0 Å². The van der Waals surface area contributed by atoms with Crippen LogP contribution in [0.15, 0.2) is 18.2 Å². The SMILES string of the molecule is CC(C)CCN(c1ccc(C#N)c(Cl)c1)C1CCNC1. The van der Waals surface area contributed by atoms with Crippen LogP contribution in [0.25, 0.3) is 0 Å². The van der Waals surface area contributed by atoms with Crippen LogP contribution in [0.4, 0.5) is 5.69 Å². The molecule has 1 aliphatic rings. The summed E-state index contributed by atoms with van der Waals surface area (Å²) in [5.74, 6) is 0.681. The minimum absolute atomic E-state index is 0.526. The molecule has 1 atom stereocenters. The van der Waals surface area contributed by atoms with Crippen LogP contribution in [-0.2, 0) is 0 Å². The van der Waals surface area contributed by atoms with E-state index in [1.165, 1.54) is 0 Å². The van der Waals surface area contributed by atoms with Crippen molar-refractivity contribution in [3.63, 3.8) is 0 Å². The number of nitrogens with one attached hydrogen (secondary N) is 1. The van der Waals surface area contributed by atoms with Crippen LogP contribution in [0, 0.1) is 17.2 Å². The highest BCUT2D eigenvalue weighted by Crippen LogP contribution is 2.27. The van der Waals surface area contributed by atoms with Crippen molar-refractivity contribution in [1.82, 2.24) is 5.32 Å². The van der Waals surface area contributed by atoms with Gasteiger partial charge in [0.05, 0.1) is 10.6 Å². The topological polar surface area (TPSA) is 39.1 Å². The Kier molecular flexibility index (Phi) is 5.28. The van der Waals surface area contributed by atoms with Crippen molar-refractivity contribution in [3.8, 4) is 6.07 Å². The number of benzene rings is 1. The maximum atomic E-state index is 8.98. The van der Waals surface area contributed by atoms with E-state index >= 15 is 0 Å². The molecule has 3 nitrogen and oxygen atoms in total. The smallest absolute Gasteiger partial charge is 0.101 e. The number of nitriles is 1. The Morgan fingerprint density at radius 3 is 2.85 bits per heavy atom. The summed E-state index contributed by atoms with van der Waals surface area (Å²) >= 11 is 6.18. The first-order chi connectivity index (χ1) is 9.61. The number of hydrogen-bond acceptors (Lipinski definition) is 3. The van der Waals surface area contributed by atoms with Crippen LogP contribution < -0.4 is 10.2 Å². The first-order valence-corrected chi connectivity index (χ1v) is 7.66. The second-order valence-electron chi connectivity index (χ2n) is 5.80. The minimum atomic E-state index is 0.526. The second kappa shape index (κ2) is 6.97. The van der Waals surface area contributed by atoms with Gasteiger partial charge in [0.25, 0.3) is 0 Å². The van der Waals surface area contributed by atoms with Crippen LogP contribution in [0.2, 0.25) is 5.02 Å². The lowest BCUT2D eigenvalue weighted by molar-refractivity contribution is 0.538. The lowest BCUT2D eigenvalue weighted by Crippen LogP contribution is -2.38. The molecule has 1 N–H and O–H groups in total. The van der Waals surface area contributed by atoms with Crippen LogP contribution in [0.3, 0.4) is 0 Å². The van der Waals surface area contributed by atoms with Crippen molar-refractivity contribution in [2.45, 2.75) is 32.7 Å². The van der Waals surface area contributed by atoms with E-state index in [0.29, 0.717) is 22.5 Å². The molecular formula is C16H22ClN3. The molecular weight excluding hydrogens is 270 g/mol. The first-order valence-electron chi connectivity index (χ1n) is 7.29. The number of halogens is 1. The Labute approximate surface area is 126 Å². The van der Waals surface area contributed by atoms with Crippen molar-refractivity contribution >= 4 is 17.3 Å². The Bertz CT molecular complexity index is 487. The van der Waals surface area contributed by atoms with E-state index in [0.717, 1.165) is 38.2 Å². The van der Waals surface area contributed by atoms with Crippen molar-refractivity contribution < 1.29 is 0 Å². The Balaban J connectivity index is 2.20. The van der Waals surface area contributed by atoms with Gasteiger partial charge in [-0.1, -0.05) is 25.4 Å². The quantitative estimate of drug-likeness (QED) is 0.903. The monoisotopic (exact) mass is 291 g/mol. The second-order valence-corrected chi connectivity index (χ2v) is 6.21. The fourth-order valence-electron chi connectivity index (χ4n) is 2.60. The van der Waals surface area contributed by atoms with Crippen LogP contribution >= 0.6 is 11.6 Å². The molecule has 0 bridgehead atoms. The van der Waals surface area contributed by atoms with Gasteiger partial charge in [-0.05, 0) is 43.5 Å². The van der Waals surface area contributed by atoms with Crippen molar-refractivity contribution in [2.75, 3.05) is 24.5 Å². The molecule has 2 rings (SSSR count). The van der Waals surface area contributed by atoms with Crippen molar-refractivity contribution in [1.29, 1.82) is 5.26 Å². The summed E-state index contributed by atoms with van der Waals surface area (Å²) in [5.41, 5.74) is 1.67. The van der Waals surface area contributed by atoms with Gasteiger partial charge in [0.2, 0.25) is 0 Å². The molecule has 0 aromatic heterocycles. The molecule has 1 aromatic rings. The molecule has 1 fully saturated rings. The molecule has 108 valence electrons. The maximum absolute atomic E-state index is 8.98. The Hall–Kier alpha value is -1.24. The molecule has 0 saturated carbocycles. The predicted octanol–water partition coefficient (Wildman–Crippen LogP) is 3.43. The highest BCUT2D eigenvalue weighted by Gasteiger charge is 2.23. The average Bonchev–Trinajstić information content (AvgIpc) is 2.93. The third kappa shape index (κ3) is 3.65. The third-order valence-electron chi connectivity index (χ3n) is 3.83. The zero-order valence-electron chi connectivity index (χ0n) is 12.2. The van der Waals surface area contributed by atoms with Crippen LogP contribution in [0.1, 0.15) is 32.3 Å². The molecule has 1 aromatic carbocycles. The number of nitrogens with zero attached hydrogens (tertiary/aromatic N) is 2. The molecule has 0 amide bonds. The van der Waals surface area contributed by atoms with E-state index in [1.54, 1.807) is 0 Å². The van der Waals surface area contributed by atoms with Crippen molar-refractivity contribution in [3.05, 3.63) is 28.8 Å². The Morgan fingerprint density at radius 2 is 2.30 bits per heavy atom. The Morgan fingerprint density at radius 1 is 1.50 bits per heavy atom. The summed E-state index contributed by atoms with van der Waals surface area (Å²) in [5, 5.41) is 12.9. The summed E-state index contributed by atoms with van der Waals surface area (Å²) in [6.45, 7) is 7.63. The highest BCUT2D eigenvalue weighted by molar-refractivity contribution is 6.32. The van der Waals surface area contributed by atoms with Gasteiger partial charge in [-0.15, -0.1) is 0 Å². The van der Waals surface area contributed by atoms with Gasteiger partial charge < -0.3 is 10.2 Å². The summed E-state index contributed by atoms with van der Waals surface area (Å²) in [6.07, 6.45) is 2.32. The lowest BCUT2D eigenvalue weighted by Gasteiger charge is -2.31. The van der Waals surface area contributed by atoms with Crippen LogP contribution in [-0.4, -0.2) is 25.7 Å². The molecule has 1 aliphatic heterocycles. The average molecular weight is 292 g/mol. The van der Waals surface area contributed by atoms with Gasteiger partial charge in [-0.2, -0.15) is 5.26 Å². The molecule has 0 radical (unpaired) electrons. The minimum Gasteiger partial charge on any atom is -0.367 e. The van der Waals surface area contributed by atoms with Crippen molar-refractivity contribution in [2.24, 2.45) is 5.92 Å². The van der Waals surface area contributed by atoms with Gasteiger partial charge in [0, 0.05) is 24.8 Å². The van der Waals surface area contributed by atoms with E-state index < -0.39 is 0 Å². The molecule has 20 heavy (non-hydrogen) atoms. The van der Waals surface area contributed by atoms with Gasteiger partial charge >= 0.3 is 0 Å². The third-order valence-corrected chi connectivity index (χ3v) is 4.14. The van der Waals surface area contributed by atoms with Crippen LogP contribution in [0.5, 0.6) is 0 Å². The molecule has 0 aliphatic carbocycles. The number of rotatable bonds is 5. The highest BCUT2D eigenvalue weighted by atomic mass is 35.5. The fourth-order valence-corrected chi connectivity index (χ4v) is 2.82. The van der Waals surface area contributed by atoms with E-state index in [-0.39, 0.29) is 0 Å². The standard InChI is InChI=1S/C16H22ClN3/c1-12(2)6-8-20(15-5-7-19-11-15)14-4-3-13(10-18)16(17)9-14/h3-4,9,12,15,19H,5-8,11H2,1-2H3. The summed E-state index contributed by atoms with van der Waals surface area (Å²) in [4.78, 5) is 2.44. The van der Waals surface area contributed by atoms with E-state index in [4.69, 9.17) is 16.9 Å². The van der Waals surface area contributed by atoms with E-state index in [2.05, 4.69) is 30.1 Å². The number of hydrogen-bond donors (Lipinski definition) is 1. The zero-order valence-corrected chi connectivity index (χ0v) is 13.0. The summed E-state index contributed by atoms with van der Waals surface area (Å²) < 4.78 is 0. The van der Waals surface area contributed by atoms with E-state index in [1.807, 2.05) is 18.2 Å². The molecule has 0 spiro atoms. The van der Waals surface area contributed by atoms with Gasteiger partial charge in [0.15, 0.2) is 0 Å². The normalized spacial score (nSPS) is 18.2. The van der Waals surface area contributed by atoms with Gasteiger partial charge in [-0.25, -0.2) is 0 Å². The fraction of sp³-hybridized carbons (Fsp3) is 0.562. The largest absolute Gasteiger partial charge is 0.367 e. The molecule has 1 heterocycles. The predicted molar refractivity (Wildman–Crippen MR) is 84.2 cm³/mol. The summed E-state index contributed by atoms with van der Waals surface area (Å²) in [7, 11) is 0. The lowest BCUT2D eigenvalue weighted by atomic mass is 10.1. The number of anilines is 1. The molecule has 1 saturated heterocycles. The first kappa shape index (κ1) is 15.2.